The Bertz CT molecular complexity index is 660. The van der Waals surface area contributed by atoms with E-state index in [1.165, 1.54) is 0 Å². The monoisotopic (exact) mass is 331 g/mol. The van der Waals surface area contributed by atoms with E-state index in [0.717, 1.165) is 10.6 Å². The van der Waals surface area contributed by atoms with Gasteiger partial charge in [0.25, 0.3) is 0 Å². The standard InChI is InChI=1S/C17H21N3O2S/c1-11(2)8-17(16(21)22)9-12(13-10-18-5-6-19-13)15(20-17)14-4-3-7-23-14/h3-7,10-12,15,20H,8-9H2,1-2H3,(H,21,22)/t12-,15-,17+/m1/s1. The van der Waals surface area contributed by atoms with Crippen molar-refractivity contribution in [3.05, 3.63) is 46.7 Å². The van der Waals surface area contributed by atoms with Gasteiger partial charge in [-0.1, -0.05) is 19.9 Å². The summed E-state index contributed by atoms with van der Waals surface area (Å²) >= 11 is 1.65. The van der Waals surface area contributed by atoms with Crippen LogP contribution in [0.2, 0.25) is 0 Å². The van der Waals surface area contributed by atoms with Crippen LogP contribution in [0.4, 0.5) is 0 Å². The second-order valence-corrected chi connectivity index (χ2v) is 7.54. The quantitative estimate of drug-likeness (QED) is 0.880. The topological polar surface area (TPSA) is 75.1 Å². The zero-order chi connectivity index (χ0) is 16.4. The smallest absolute Gasteiger partial charge is 0.323 e. The van der Waals surface area contributed by atoms with Crippen LogP contribution in [0.15, 0.2) is 36.1 Å². The molecule has 3 atom stereocenters. The van der Waals surface area contributed by atoms with Crippen LogP contribution in [0.5, 0.6) is 0 Å². The molecule has 2 aromatic heterocycles. The summed E-state index contributed by atoms with van der Waals surface area (Å²) in [7, 11) is 0. The zero-order valence-electron chi connectivity index (χ0n) is 13.3. The van der Waals surface area contributed by atoms with Crippen LogP contribution in [0.25, 0.3) is 0 Å². The minimum absolute atomic E-state index is 0.0113. The predicted octanol–water partition coefficient (Wildman–Crippen LogP) is 3.23. The Morgan fingerprint density at radius 1 is 1.52 bits per heavy atom. The van der Waals surface area contributed by atoms with Gasteiger partial charge in [-0.15, -0.1) is 11.3 Å². The van der Waals surface area contributed by atoms with Crippen molar-refractivity contribution in [1.82, 2.24) is 15.3 Å². The van der Waals surface area contributed by atoms with Gasteiger partial charge < -0.3 is 5.11 Å². The summed E-state index contributed by atoms with van der Waals surface area (Å²) in [6, 6.07) is 4.01. The summed E-state index contributed by atoms with van der Waals surface area (Å²) in [4.78, 5) is 21.8. The first kappa shape index (κ1) is 16.1. The van der Waals surface area contributed by atoms with E-state index in [4.69, 9.17) is 0 Å². The van der Waals surface area contributed by atoms with E-state index < -0.39 is 11.5 Å². The fourth-order valence-corrected chi connectivity index (χ4v) is 4.38. The molecule has 0 amide bonds. The lowest BCUT2D eigenvalue weighted by molar-refractivity contribution is -0.145. The van der Waals surface area contributed by atoms with Crippen LogP contribution >= 0.6 is 11.3 Å². The Balaban J connectivity index is 2.00. The van der Waals surface area contributed by atoms with Gasteiger partial charge in [0.1, 0.15) is 5.54 Å². The average molecular weight is 331 g/mol. The van der Waals surface area contributed by atoms with Gasteiger partial charge in [-0.25, -0.2) is 0 Å². The van der Waals surface area contributed by atoms with Gasteiger partial charge in [-0.3, -0.25) is 20.1 Å². The molecule has 122 valence electrons. The molecule has 1 aliphatic heterocycles. The molecule has 2 aromatic rings. The highest BCUT2D eigenvalue weighted by molar-refractivity contribution is 7.10. The predicted molar refractivity (Wildman–Crippen MR) is 89.4 cm³/mol. The van der Waals surface area contributed by atoms with Gasteiger partial charge in [0, 0.05) is 29.4 Å². The van der Waals surface area contributed by atoms with Gasteiger partial charge in [-0.05, 0) is 30.2 Å². The van der Waals surface area contributed by atoms with Crippen molar-refractivity contribution in [2.45, 2.75) is 44.2 Å². The second kappa shape index (κ2) is 6.37. The molecule has 0 radical (unpaired) electrons. The number of nitrogens with zero attached hydrogens (tertiary/aromatic N) is 2. The van der Waals surface area contributed by atoms with Crippen molar-refractivity contribution in [2.75, 3.05) is 0 Å². The summed E-state index contributed by atoms with van der Waals surface area (Å²) in [5.41, 5.74) is -0.0596. The fraction of sp³-hybridized carbons (Fsp3) is 0.471. The molecule has 1 fully saturated rings. The molecular formula is C17H21N3O2S. The largest absolute Gasteiger partial charge is 0.480 e. The van der Waals surface area contributed by atoms with Crippen molar-refractivity contribution >= 4 is 17.3 Å². The third-order valence-electron chi connectivity index (χ3n) is 4.38. The Labute approximate surface area is 139 Å². The van der Waals surface area contributed by atoms with Gasteiger partial charge in [0.15, 0.2) is 0 Å². The lowest BCUT2D eigenvalue weighted by Gasteiger charge is -2.27. The molecular weight excluding hydrogens is 310 g/mol. The third kappa shape index (κ3) is 3.14. The van der Waals surface area contributed by atoms with Gasteiger partial charge in [-0.2, -0.15) is 0 Å². The molecule has 0 aromatic carbocycles. The third-order valence-corrected chi connectivity index (χ3v) is 5.34. The molecule has 0 bridgehead atoms. The number of thiophene rings is 1. The molecule has 0 spiro atoms. The van der Waals surface area contributed by atoms with Crippen LogP contribution in [0, 0.1) is 5.92 Å². The second-order valence-electron chi connectivity index (χ2n) is 6.56. The minimum Gasteiger partial charge on any atom is -0.480 e. The molecule has 5 nitrogen and oxygen atoms in total. The van der Waals surface area contributed by atoms with Gasteiger partial charge >= 0.3 is 5.97 Å². The number of carboxylic acids is 1. The fourth-order valence-electron chi connectivity index (χ4n) is 3.54. The molecule has 0 unspecified atom stereocenters. The number of aromatic nitrogens is 2. The van der Waals surface area contributed by atoms with E-state index in [2.05, 4.69) is 35.2 Å². The first-order chi connectivity index (χ1) is 11.0. The highest BCUT2D eigenvalue weighted by Gasteiger charge is 2.51. The molecule has 1 saturated heterocycles. The first-order valence-electron chi connectivity index (χ1n) is 7.82. The zero-order valence-corrected chi connectivity index (χ0v) is 14.1. The Hall–Kier alpha value is -1.79. The minimum atomic E-state index is -0.912. The van der Waals surface area contributed by atoms with E-state index in [-0.39, 0.29) is 12.0 Å². The summed E-state index contributed by atoms with van der Waals surface area (Å²) in [6.07, 6.45) is 6.19. The Morgan fingerprint density at radius 2 is 2.35 bits per heavy atom. The summed E-state index contributed by atoms with van der Waals surface area (Å²) < 4.78 is 0. The van der Waals surface area contributed by atoms with E-state index in [9.17, 15) is 9.90 Å². The molecule has 6 heteroatoms. The summed E-state index contributed by atoms with van der Waals surface area (Å²) in [5, 5.41) is 15.3. The van der Waals surface area contributed by atoms with Crippen molar-refractivity contribution in [3.8, 4) is 0 Å². The lowest BCUT2D eigenvalue weighted by atomic mass is 9.83. The Kier molecular flexibility index (Phi) is 4.46. The molecule has 3 rings (SSSR count). The Morgan fingerprint density at radius 3 is 2.91 bits per heavy atom. The number of aliphatic carboxylic acids is 1. The highest BCUT2D eigenvalue weighted by Crippen LogP contribution is 2.47. The average Bonchev–Trinajstić information content (AvgIpc) is 3.15. The van der Waals surface area contributed by atoms with E-state index in [0.29, 0.717) is 18.8 Å². The van der Waals surface area contributed by atoms with Gasteiger partial charge in [0.2, 0.25) is 0 Å². The summed E-state index contributed by atoms with van der Waals surface area (Å²) in [5.74, 6) is -0.473. The van der Waals surface area contributed by atoms with Gasteiger partial charge in [0.05, 0.1) is 11.7 Å². The number of carboxylic acid groups (broad SMARTS) is 1. The first-order valence-corrected chi connectivity index (χ1v) is 8.70. The normalized spacial score (nSPS) is 27.4. The van der Waals surface area contributed by atoms with Crippen LogP contribution in [0.3, 0.4) is 0 Å². The number of nitrogens with one attached hydrogen (secondary N) is 1. The molecule has 0 saturated carbocycles. The maximum absolute atomic E-state index is 12.1. The van der Waals surface area contributed by atoms with Crippen molar-refractivity contribution in [2.24, 2.45) is 5.92 Å². The van der Waals surface area contributed by atoms with E-state index in [1.807, 2.05) is 11.4 Å². The van der Waals surface area contributed by atoms with Crippen LogP contribution in [0.1, 0.15) is 49.2 Å². The lowest BCUT2D eigenvalue weighted by Crippen LogP contribution is -2.49. The molecule has 1 aliphatic rings. The highest BCUT2D eigenvalue weighted by atomic mass is 32.1. The van der Waals surface area contributed by atoms with Crippen molar-refractivity contribution < 1.29 is 9.90 Å². The van der Waals surface area contributed by atoms with E-state index in [1.54, 1.807) is 29.9 Å². The molecule has 0 aliphatic carbocycles. The number of rotatable bonds is 5. The number of carbonyl (C=O) groups is 1. The maximum atomic E-state index is 12.1. The molecule has 23 heavy (non-hydrogen) atoms. The number of hydrogen-bond donors (Lipinski definition) is 2. The molecule has 2 N–H and O–H groups in total. The summed E-state index contributed by atoms with van der Waals surface area (Å²) in [6.45, 7) is 4.12. The van der Waals surface area contributed by atoms with E-state index >= 15 is 0 Å². The van der Waals surface area contributed by atoms with Crippen LogP contribution in [-0.2, 0) is 4.79 Å². The SMILES string of the molecule is CC(C)C[C@@]1(C(=O)O)C[C@H](c2cnccn2)[C@H](c2cccs2)N1. The number of hydrogen-bond acceptors (Lipinski definition) is 5. The van der Waals surface area contributed by atoms with Crippen LogP contribution < -0.4 is 5.32 Å². The van der Waals surface area contributed by atoms with Crippen molar-refractivity contribution in [1.29, 1.82) is 0 Å². The van der Waals surface area contributed by atoms with Crippen molar-refractivity contribution in [3.63, 3.8) is 0 Å². The molecule has 3 heterocycles. The van der Waals surface area contributed by atoms with Crippen LogP contribution in [-0.4, -0.2) is 26.6 Å². The maximum Gasteiger partial charge on any atom is 0.323 e.